The van der Waals surface area contributed by atoms with Crippen LogP contribution in [0.3, 0.4) is 0 Å². The smallest absolute Gasteiger partial charge is 0.305 e. The number of hydrogen-bond acceptors (Lipinski definition) is 4. The van der Waals surface area contributed by atoms with Crippen LogP contribution in [0.5, 0.6) is 0 Å². The van der Waals surface area contributed by atoms with Crippen LogP contribution in [-0.4, -0.2) is 34.3 Å². The van der Waals surface area contributed by atoms with Gasteiger partial charge in [0.15, 0.2) is 0 Å². The quantitative estimate of drug-likeness (QED) is 0.0747. The molecule has 0 bridgehead atoms. The van der Waals surface area contributed by atoms with Gasteiger partial charge in [0.2, 0.25) is 12.7 Å². The van der Waals surface area contributed by atoms with Crippen LogP contribution in [0.25, 0.3) is 0 Å². The summed E-state index contributed by atoms with van der Waals surface area (Å²) in [6.45, 7) is 6.00. The number of unbranched alkanes of at least 4 members (excludes halogenated alkanes) is 16. The first-order valence-electron chi connectivity index (χ1n) is 18.2. The number of imidazole rings is 2. The highest BCUT2D eigenvalue weighted by molar-refractivity contribution is 5.69. The Morgan fingerprint density at radius 2 is 0.872 bits per heavy atom. The van der Waals surface area contributed by atoms with Crippen LogP contribution in [0.1, 0.15) is 142 Å². The van der Waals surface area contributed by atoms with Crippen molar-refractivity contribution in [2.75, 3.05) is 13.2 Å². The van der Waals surface area contributed by atoms with Gasteiger partial charge in [-0.25, -0.2) is 18.3 Å². The third kappa shape index (κ3) is 21.8. The van der Waals surface area contributed by atoms with Crippen LogP contribution in [-0.2, 0) is 46.2 Å². The number of ether oxygens (including phenoxy) is 2. The van der Waals surface area contributed by atoms with Crippen molar-refractivity contribution in [3.05, 3.63) is 37.4 Å². The van der Waals surface area contributed by atoms with Crippen molar-refractivity contribution in [3.63, 3.8) is 0 Å². The zero-order chi connectivity index (χ0) is 32.6. The topological polar surface area (TPSA) is 70.2 Å². The molecule has 8 nitrogen and oxygen atoms in total. The Hall–Kier alpha value is -1.68. The van der Waals surface area contributed by atoms with Gasteiger partial charge in [-0.15, -0.1) is 0 Å². The van der Waals surface area contributed by atoms with Gasteiger partial charge in [0.1, 0.15) is 56.5 Å². The number of carbonyl (C=O) groups excluding carboxylic acids is 2. The molecule has 0 aromatic carbocycles. The van der Waals surface area contributed by atoms with Gasteiger partial charge in [-0.05, 0) is 12.8 Å². The summed E-state index contributed by atoms with van der Waals surface area (Å²) in [5.74, 6) is -0.334. The van der Waals surface area contributed by atoms with Crippen molar-refractivity contribution in [3.8, 4) is 0 Å². The lowest BCUT2D eigenvalue weighted by Crippen LogP contribution is -3.00. The molecule has 10 heteroatoms. The van der Waals surface area contributed by atoms with Gasteiger partial charge in [0.05, 0.1) is 14.1 Å². The second-order valence-electron chi connectivity index (χ2n) is 13.5. The number of hydrogen-bond donors (Lipinski definition) is 0. The summed E-state index contributed by atoms with van der Waals surface area (Å²) < 4.78 is 20.1. The molecule has 2 aromatic heterocycles. The number of aryl methyl sites for hydroxylation is 2. The minimum absolute atomic E-state index is 0. The number of halogens is 2. The van der Waals surface area contributed by atoms with Crippen molar-refractivity contribution < 1.29 is 62.2 Å². The summed E-state index contributed by atoms with van der Waals surface area (Å²) in [4.78, 5) is 25.8. The van der Waals surface area contributed by atoms with E-state index >= 15 is 0 Å². The van der Waals surface area contributed by atoms with E-state index in [1.807, 2.05) is 60.7 Å². The zero-order valence-corrected chi connectivity index (χ0v) is 33.3. The first kappa shape index (κ1) is 45.3. The highest BCUT2D eigenvalue weighted by Crippen LogP contribution is 2.26. The number of aromatic nitrogens is 4. The van der Waals surface area contributed by atoms with Gasteiger partial charge >= 0.3 is 11.9 Å². The molecule has 0 fully saturated rings. The third-order valence-corrected chi connectivity index (χ3v) is 8.73. The van der Waals surface area contributed by atoms with E-state index in [1.165, 1.54) is 89.9 Å². The van der Waals surface area contributed by atoms with Crippen molar-refractivity contribution in [2.24, 2.45) is 19.5 Å². The minimum atomic E-state index is -0.611. The van der Waals surface area contributed by atoms with Gasteiger partial charge in [-0.2, -0.15) is 0 Å². The maximum atomic E-state index is 12.9. The van der Waals surface area contributed by atoms with E-state index in [2.05, 4.69) is 23.0 Å². The lowest BCUT2D eigenvalue weighted by atomic mass is 9.89. The van der Waals surface area contributed by atoms with Crippen LogP contribution < -0.4 is 43.1 Å². The maximum Gasteiger partial charge on any atom is 0.305 e. The summed E-state index contributed by atoms with van der Waals surface area (Å²) in [5.41, 5.74) is -0.611. The Labute approximate surface area is 307 Å². The number of esters is 2. The lowest BCUT2D eigenvalue weighted by molar-refractivity contribution is -0.671. The molecule has 0 radical (unpaired) electrons. The molecule has 0 amide bonds. The first-order valence-corrected chi connectivity index (χ1v) is 18.2. The highest BCUT2D eigenvalue weighted by atomic mass is 79.9. The molecular weight excluding hydrogens is 724 g/mol. The molecule has 2 rings (SSSR count). The average molecular weight is 791 g/mol. The molecule has 0 aliphatic heterocycles. The number of rotatable bonds is 28. The highest BCUT2D eigenvalue weighted by Gasteiger charge is 2.39. The van der Waals surface area contributed by atoms with E-state index in [0.717, 1.165) is 25.7 Å². The molecule has 0 saturated carbocycles. The predicted molar refractivity (Wildman–Crippen MR) is 179 cm³/mol. The molecule has 0 spiro atoms. The van der Waals surface area contributed by atoms with Crippen LogP contribution in [0.2, 0.25) is 0 Å². The van der Waals surface area contributed by atoms with Crippen molar-refractivity contribution in [1.82, 2.24) is 9.13 Å². The monoisotopic (exact) mass is 788 g/mol. The van der Waals surface area contributed by atoms with Crippen LogP contribution in [0.15, 0.2) is 37.4 Å². The summed E-state index contributed by atoms with van der Waals surface area (Å²) in [6.07, 6.45) is 34.7. The standard InChI is InChI=1S/C37H66N4O4.2BrH/c1-5-7-9-11-13-15-17-19-21-23-35(42)44-31-37(29-40-27-25-38(3)33-40,30-41-28-26-39(4)34-41)32-45-36(43)24-22-20-18-16-14-12-10-8-6-2;;/h25-28,33-34H,5-24,29-32H2,1-4H3;2*1H/q+2;;/p-2. The van der Waals surface area contributed by atoms with E-state index in [-0.39, 0.29) is 59.1 Å². The number of nitrogens with zero attached hydrogens (tertiary/aromatic N) is 4. The SMILES string of the molecule is CCCCCCCCCCCC(=O)OCC(COC(=O)CCCCCCCCCCC)(Cn1cc[n+](C)c1)Cn1cc[n+](C)c1.[Br-].[Br-]. The normalized spacial score (nSPS) is 11.1. The lowest BCUT2D eigenvalue weighted by Gasteiger charge is -2.29. The van der Waals surface area contributed by atoms with Crippen molar-refractivity contribution in [1.29, 1.82) is 0 Å². The van der Waals surface area contributed by atoms with Crippen molar-refractivity contribution in [2.45, 2.75) is 155 Å². The van der Waals surface area contributed by atoms with Gasteiger partial charge in [-0.1, -0.05) is 117 Å². The minimum Gasteiger partial charge on any atom is -1.00 e. The Bertz CT molecular complexity index is 977. The molecule has 0 aliphatic carbocycles. The number of carbonyl (C=O) groups is 2. The maximum absolute atomic E-state index is 12.9. The van der Waals surface area contributed by atoms with Gasteiger partial charge in [0, 0.05) is 12.8 Å². The predicted octanol–water partition coefficient (Wildman–Crippen LogP) is 1.56. The van der Waals surface area contributed by atoms with E-state index in [1.54, 1.807) is 0 Å². The third-order valence-electron chi connectivity index (χ3n) is 8.73. The molecular formula is C37H66Br2N4O4. The van der Waals surface area contributed by atoms with E-state index in [4.69, 9.17) is 9.47 Å². The second kappa shape index (κ2) is 28.2. The first-order chi connectivity index (χ1) is 21.9. The van der Waals surface area contributed by atoms with Gasteiger partial charge in [0.25, 0.3) is 0 Å². The Balaban J connectivity index is 0.0000106. The van der Waals surface area contributed by atoms with Crippen molar-refractivity contribution >= 4 is 11.9 Å². The van der Waals surface area contributed by atoms with Gasteiger partial charge in [-0.3, -0.25) is 9.59 Å². The van der Waals surface area contributed by atoms with E-state index in [0.29, 0.717) is 25.9 Å². The molecule has 0 aliphatic rings. The summed E-state index contributed by atoms with van der Waals surface area (Å²) in [6, 6.07) is 0. The molecule has 0 saturated heterocycles. The fourth-order valence-corrected chi connectivity index (χ4v) is 6.01. The summed E-state index contributed by atoms with van der Waals surface area (Å²) >= 11 is 0. The molecule has 2 aromatic rings. The molecule has 0 unspecified atom stereocenters. The Morgan fingerprint density at radius 1 is 0.553 bits per heavy atom. The van der Waals surface area contributed by atoms with E-state index < -0.39 is 5.41 Å². The Kier molecular flexibility index (Phi) is 27.2. The molecule has 2 heterocycles. The average Bonchev–Trinajstić information content (AvgIpc) is 3.63. The molecule has 0 N–H and O–H groups in total. The summed E-state index contributed by atoms with van der Waals surface area (Å²) in [7, 11) is 3.97. The molecule has 47 heavy (non-hydrogen) atoms. The molecule has 272 valence electrons. The van der Waals surface area contributed by atoms with Crippen LogP contribution in [0.4, 0.5) is 0 Å². The van der Waals surface area contributed by atoms with E-state index in [9.17, 15) is 9.59 Å². The second-order valence-corrected chi connectivity index (χ2v) is 13.5. The largest absolute Gasteiger partial charge is 1.00 e. The fraction of sp³-hybridized carbons (Fsp3) is 0.784. The van der Waals surface area contributed by atoms with Gasteiger partial charge < -0.3 is 43.4 Å². The fourth-order valence-electron chi connectivity index (χ4n) is 6.01. The molecule has 0 atom stereocenters. The van der Waals surface area contributed by atoms with Crippen LogP contribution in [0, 0.1) is 5.41 Å². The summed E-state index contributed by atoms with van der Waals surface area (Å²) in [5, 5.41) is 0. The zero-order valence-electron chi connectivity index (χ0n) is 30.1. The Morgan fingerprint density at radius 3 is 1.17 bits per heavy atom. The van der Waals surface area contributed by atoms with Crippen LogP contribution >= 0.6 is 0 Å².